The van der Waals surface area contributed by atoms with E-state index in [-0.39, 0.29) is 5.91 Å². The van der Waals surface area contributed by atoms with Crippen molar-refractivity contribution in [1.29, 1.82) is 0 Å². The molecule has 0 spiro atoms. The molecule has 3 nitrogen and oxygen atoms in total. The van der Waals surface area contributed by atoms with E-state index in [1.54, 1.807) is 0 Å². The molecule has 1 aliphatic rings. The van der Waals surface area contributed by atoms with E-state index in [0.29, 0.717) is 12.6 Å². The number of fused-ring (bicyclic) bond motifs is 1. The molecule has 1 aliphatic carbocycles. The number of hydrogen-bond acceptors (Lipinski definition) is 2. The summed E-state index contributed by atoms with van der Waals surface area (Å²) in [6, 6.07) is 15.2. The Hall–Kier alpha value is -2.13. The van der Waals surface area contributed by atoms with Crippen LogP contribution in [0.3, 0.4) is 0 Å². The van der Waals surface area contributed by atoms with Crippen LogP contribution in [0, 0.1) is 0 Å². The van der Waals surface area contributed by atoms with E-state index < -0.39 is 0 Å². The maximum Gasteiger partial charge on any atom is 0.238 e. The summed E-state index contributed by atoms with van der Waals surface area (Å²) in [5.74, 6) is 0.0717. The molecule has 1 amide bonds. The summed E-state index contributed by atoms with van der Waals surface area (Å²) in [6.45, 7) is 4.68. The van der Waals surface area contributed by atoms with Gasteiger partial charge in [-0.3, -0.25) is 9.69 Å². The highest BCUT2D eigenvalue weighted by atomic mass is 16.2. The Morgan fingerprint density at radius 3 is 2.44 bits per heavy atom. The fourth-order valence-electron chi connectivity index (χ4n) is 3.91. The fourth-order valence-corrected chi connectivity index (χ4v) is 3.91. The molecule has 1 N–H and O–H groups in total. The second-order valence-electron chi connectivity index (χ2n) is 6.87. The van der Waals surface area contributed by atoms with Crippen molar-refractivity contribution < 1.29 is 4.79 Å². The monoisotopic (exact) mass is 336 g/mol. The third kappa shape index (κ3) is 3.77. The number of amides is 1. The lowest BCUT2D eigenvalue weighted by Gasteiger charge is -2.25. The van der Waals surface area contributed by atoms with Gasteiger partial charge in [-0.25, -0.2) is 0 Å². The Morgan fingerprint density at radius 2 is 1.76 bits per heavy atom. The van der Waals surface area contributed by atoms with Crippen molar-refractivity contribution in [2.45, 2.75) is 45.6 Å². The van der Waals surface area contributed by atoms with Gasteiger partial charge in [-0.2, -0.15) is 0 Å². The average molecular weight is 336 g/mol. The Labute approximate surface area is 151 Å². The zero-order valence-electron chi connectivity index (χ0n) is 15.5. The topological polar surface area (TPSA) is 32.3 Å². The van der Waals surface area contributed by atoms with Gasteiger partial charge in [0.2, 0.25) is 5.91 Å². The third-order valence-corrected chi connectivity index (χ3v) is 5.29. The van der Waals surface area contributed by atoms with E-state index >= 15 is 0 Å². The number of aryl methyl sites for hydroxylation is 3. The number of nitrogens with one attached hydrogen (secondary N) is 1. The number of para-hydroxylation sites is 1. The van der Waals surface area contributed by atoms with Gasteiger partial charge in [-0.1, -0.05) is 56.3 Å². The summed E-state index contributed by atoms with van der Waals surface area (Å²) in [5.41, 5.74) is 6.23. The number of carbonyl (C=O) groups excluding carboxylic acids is 1. The molecular formula is C22H28N2O. The second kappa shape index (κ2) is 7.83. The minimum absolute atomic E-state index is 0.0717. The van der Waals surface area contributed by atoms with E-state index in [9.17, 15) is 4.79 Å². The van der Waals surface area contributed by atoms with E-state index in [1.807, 2.05) is 0 Å². The summed E-state index contributed by atoms with van der Waals surface area (Å²) in [6.07, 6.45) is 4.05. The highest BCUT2D eigenvalue weighted by molar-refractivity contribution is 5.93. The van der Waals surface area contributed by atoms with Crippen LogP contribution in [0.4, 0.5) is 5.69 Å². The maximum atomic E-state index is 12.7. The molecule has 2 aromatic carbocycles. The maximum absolute atomic E-state index is 12.7. The Kier molecular flexibility index (Phi) is 5.54. The molecule has 2 aromatic rings. The standard InChI is InChI=1S/C22H28N2O/c1-4-16-10-8-11-17(5-2)22(16)23-21(25)15-24(3)20-14-13-18-9-6-7-12-19(18)20/h6-12,20H,4-5,13-15H2,1-3H3,(H,23,25)/t20-/m1/s1. The van der Waals surface area contributed by atoms with Crippen molar-refractivity contribution in [2.24, 2.45) is 0 Å². The summed E-state index contributed by atoms with van der Waals surface area (Å²) >= 11 is 0. The molecule has 0 bridgehead atoms. The van der Waals surface area contributed by atoms with Crippen LogP contribution < -0.4 is 5.32 Å². The lowest BCUT2D eigenvalue weighted by Crippen LogP contribution is -2.33. The normalized spacial score (nSPS) is 16.1. The molecule has 0 saturated carbocycles. The lowest BCUT2D eigenvalue weighted by molar-refractivity contribution is -0.117. The van der Waals surface area contributed by atoms with Crippen LogP contribution in [0.5, 0.6) is 0 Å². The summed E-state index contributed by atoms with van der Waals surface area (Å²) in [5, 5.41) is 3.18. The molecule has 25 heavy (non-hydrogen) atoms. The van der Waals surface area contributed by atoms with Crippen LogP contribution >= 0.6 is 0 Å². The van der Waals surface area contributed by atoms with Crippen LogP contribution in [-0.4, -0.2) is 24.4 Å². The minimum Gasteiger partial charge on any atom is -0.324 e. The predicted molar refractivity (Wildman–Crippen MR) is 104 cm³/mol. The van der Waals surface area contributed by atoms with E-state index in [1.165, 1.54) is 22.3 Å². The van der Waals surface area contributed by atoms with Crippen molar-refractivity contribution in [3.8, 4) is 0 Å². The Morgan fingerprint density at radius 1 is 1.08 bits per heavy atom. The first-order chi connectivity index (χ1) is 12.1. The Bertz CT molecular complexity index is 731. The van der Waals surface area contributed by atoms with Crippen molar-refractivity contribution in [2.75, 3.05) is 18.9 Å². The second-order valence-corrected chi connectivity index (χ2v) is 6.87. The van der Waals surface area contributed by atoms with Gasteiger partial charge < -0.3 is 5.32 Å². The van der Waals surface area contributed by atoms with Gasteiger partial charge >= 0.3 is 0 Å². The van der Waals surface area contributed by atoms with Crippen LogP contribution in [0.2, 0.25) is 0 Å². The molecule has 132 valence electrons. The first-order valence-corrected chi connectivity index (χ1v) is 9.32. The van der Waals surface area contributed by atoms with Crippen LogP contribution in [-0.2, 0) is 24.1 Å². The van der Waals surface area contributed by atoms with Gasteiger partial charge in [0.1, 0.15) is 0 Å². The number of hydrogen-bond donors (Lipinski definition) is 1. The number of benzene rings is 2. The minimum atomic E-state index is 0.0717. The zero-order valence-corrected chi connectivity index (χ0v) is 15.5. The highest BCUT2D eigenvalue weighted by Crippen LogP contribution is 2.34. The predicted octanol–water partition coefficient (Wildman–Crippen LogP) is 4.37. The van der Waals surface area contributed by atoms with Gasteiger partial charge in [0, 0.05) is 11.7 Å². The molecule has 1 atom stereocenters. The Balaban J connectivity index is 1.70. The van der Waals surface area contributed by atoms with Gasteiger partial charge in [0.15, 0.2) is 0 Å². The zero-order chi connectivity index (χ0) is 17.8. The molecule has 0 radical (unpaired) electrons. The van der Waals surface area contributed by atoms with Gasteiger partial charge in [0.25, 0.3) is 0 Å². The molecule has 0 heterocycles. The first-order valence-electron chi connectivity index (χ1n) is 9.32. The van der Waals surface area contributed by atoms with Crippen molar-refractivity contribution in [1.82, 2.24) is 4.90 Å². The van der Waals surface area contributed by atoms with Crippen LogP contribution in [0.25, 0.3) is 0 Å². The smallest absolute Gasteiger partial charge is 0.238 e. The van der Waals surface area contributed by atoms with Crippen molar-refractivity contribution in [3.63, 3.8) is 0 Å². The first kappa shape index (κ1) is 17.7. The quantitative estimate of drug-likeness (QED) is 0.849. The lowest BCUT2D eigenvalue weighted by atomic mass is 10.0. The highest BCUT2D eigenvalue weighted by Gasteiger charge is 2.26. The molecule has 3 heteroatoms. The molecular weight excluding hydrogens is 308 g/mol. The van der Waals surface area contributed by atoms with Gasteiger partial charge in [0.05, 0.1) is 6.54 Å². The molecule has 0 aromatic heterocycles. The van der Waals surface area contributed by atoms with E-state index in [4.69, 9.17) is 0 Å². The van der Waals surface area contributed by atoms with E-state index in [0.717, 1.165) is 31.4 Å². The van der Waals surface area contributed by atoms with Crippen molar-refractivity contribution in [3.05, 3.63) is 64.7 Å². The fraction of sp³-hybridized carbons (Fsp3) is 0.409. The van der Waals surface area contributed by atoms with E-state index in [2.05, 4.69) is 73.6 Å². The number of likely N-dealkylation sites (N-methyl/N-ethyl adjacent to an activating group) is 1. The third-order valence-electron chi connectivity index (χ3n) is 5.29. The van der Waals surface area contributed by atoms with Gasteiger partial charge in [-0.05, 0) is 55.0 Å². The van der Waals surface area contributed by atoms with Crippen molar-refractivity contribution >= 4 is 11.6 Å². The number of anilines is 1. The number of nitrogens with zero attached hydrogens (tertiary/aromatic N) is 1. The van der Waals surface area contributed by atoms with Crippen LogP contribution in [0.1, 0.15) is 48.6 Å². The molecule has 3 rings (SSSR count). The summed E-state index contributed by atoms with van der Waals surface area (Å²) in [7, 11) is 2.05. The number of rotatable bonds is 6. The largest absolute Gasteiger partial charge is 0.324 e. The SMILES string of the molecule is CCc1cccc(CC)c1NC(=O)CN(C)[C@@H]1CCc2ccccc21. The molecule has 0 saturated heterocycles. The molecule has 0 fully saturated rings. The van der Waals surface area contributed by atoms with Crippen LogP contribution in [0.15, 0.2) is 42.5 Å². The summed E-state index contributed by atoms with van der Waals surface area (Å²) in [4.78, 5) is 14.9. The summed E-state index contributed by atoms with van der Waals surface area (Å²) < 4.78 is 0. The molecule has 0 unspecified atom stereocenters. The number of carbonyl (C=O) groups is 1. The molecule has 0 aliphatic heterocycles. The van der Waals surface area contributed by atoms with Gasteiger partial charge in [-0.15, -0.1) is 0 Å². The average Bonchev–Trinajstić information content (AvgIpc) is 3.06.